The molecule has 0 amide bonds. The van der Waals surface area contributed by atoms with Gasteiger partial charge >= 0.3 is 5.97 Å². The molecule has 11 heavy (non-hydrogen) atoms. The number of aromatic nitrogens is 1. The summed E-state index contributed by atoms with van der Waals surface area (Å²) >= 11 is 1.40. The Morgan fingerprint density at radius 2 is 2.45 bits per heavy atom. The molecule has 0 unspecified atom stereocenters. The van der Waals surface area contributed by atoms with Gasteiger partial charge in [-0.1, -0.05) is 0 Å². The van der Waals surface area contributed by atoms with E-state index in [1.54, 1.807) is 12.3 Å². The summed E-state index contributed by atoms with van der Waals surface area (Å²) < 4.78 is 0. The lowest BCUT2D eigenvalue weighted by molar-refractivity contribution is 0.0692. The van der Waals surface area contributed by atoms with E-state index in [-0.39, 0.29) is 5.56 Å². The minimum Gasteiger partial charge on any atom is -0.478 e. The second kappa shape index (κ2) is 3.39. The van der Waals surface area contributed by atoms with Crippen LogP contribution in [0.3, 0.4) is 0 Å². The maximum Gasteiger partial charge on any atom is 0.338 e. The van der Waals surface area contributed by atoms with Gasteiger partial charge in [0.2, 0.25) is 0 Å². The SMILES string of the molecule is CSc1ccncc1C(=O)O. The van der Waals surface area contributed by atoms with Gasteiger partial charge in [-0.3, -0.25) is 4.98 Å². The fourth-order valence-electron chi connectivity index (χ4n) is 0.720. The minimum atomic E-state index is -0.928. The lowest BCUT2D eigenvalue weighted by atomic mass is 10.3. The lowest BCUT2D eigenvalue weighted by Gasteiger charge is -1.98. The zero-order chi connectivity index (χ0) is 8.27. The maximum absolute atomic E-state index is 10.5. The molecule has 58 valence electrons. The molecule has 3 nitrogen and oxygen atoms in total. The summed E-state index contributed by atoms with van der Waals surface area (Å²) in [4.78, 5) is 15.0. The molecule has 0 aliphatic carbocycles. The number of carboxylic acids is 1. The molecule has 1 rings (SSSR count). The standard InChI is InChI=1S/C7H7NO2S/c1-11-6-2-3-8-4-5(6)7(9)10/h2-4H,1H3,(H,9,10). The number of rotatable bonds is 2. The molecule has 1 aromatic heterocycles. The average Bonchev–Trinajstić information content (AvgIpc) is 2.04. The number of hydrogen-bond acceptors (Lipinski definition) is 3. The summed E-state index contributed by atoms with van der Waals surface area (Å²) in [5.74, 6) is -0.928. The van der Waals surface area contributed by atoms with E-state index in [1.807, 2.05) is 6.26 Å². The number of aromatic carboxylic acids is 1. The van der Waals surface area contributed by atoms with Crippen molar-refractivity contribution in [3.63, 3.8) is 0 Å². The third-order valence-corrected chi connectivity index (χ3v) is 2.03. The predicted octanol–water partition coefficient (Wildman–Crippen LogP) is 1.50. The van der Waals surface area contributed by atoms with E-state index in [9.17, 15) is 4.79 Å². The summed E-state index contributed by atoms with van der Waals surface area (Å²) in [6, 6.07) is 1.69. The number of pyridine rings is 1. The van der Waals surface area contributed by atoms with Crippen molar-refractivity contribution < 1.29 is 9.90 Å². The zero-order valence-electron chi connectivity index (χ0n) is 5.94. The molecule has 0 atom stereocenters. The van der Waals surface area contributed by atoms with Crippen LogP contribution in [0.4, 0.5) is 0 Å². The van der Waals surface area contributed by atoms with Crippen LogP contribution in [0.5, 0.6) is 0 Å². The molecular formula is C7H7NO2S. The second-order valence-electron chi connectivity index (χ2n) is 1.88. The van der Waals surface area contributed by atoms with Gasteiger partial charge < -0.3 is 5.11 Å². The fourth-order valence-corrected chi connectivity index (χ4v) is 1.28. The molecule has 0 bridgehead atoms. The molecule has 0 aliphatic heterocycles. The van der Waals surface area contributed by atoms with Crippen LogP contribution in [0.2, 0.25) is 0 Å². The van der Waals surface area contributed by atoms with Crippen molar-refractivity contribution >= 4 is 17.7 Å². The number of hydrogen-bond donors (Lipinski definition) is 1. The van der Waals surface area contributed by atoms with Crippen LogP contribution in [-0.2, 0) is 0 Å². The Balaban J connectivity index is 3.12. The molecule has 1 heterocycles. The fraction of sp³-hybridized carbons (Fsp3) is 0.143. The van der Waals surface area contributed by atoms with E-state index in [4.69, 9.17) is 5.11 Å². The Labute approximate surface area is 68.5 Å². The van der Waals surface area contributed by atoms with Crippen molar-refractivity contribution in [2.45, 2.75) is 4.90 Å². The van der Waals surface area contributed by atoms with Crippen LogP contribution < -0.4 is 0 Å². The van der Waals surface area contributed by atoms with Crippen LogP contribution in [-0.4, -0.2) is 22.3 Å². The Hall–Kier alpha value is -1.03. The first-order valence-corrected chi connectivity index (χ1v) is 4.19. The van der Waals surface area contributed by atoms with Crippen LogP contribution >= 0.6 is 11.8 Å². The van der Waals surface area contributed by atoms with Crippen LogP contribution in [0.25, 0.3) is 0 Å². The van der Waals surface area contributed by atoms with E-state index in [0.717, 1.165) is 4.90 Å². The topological polar surface area (TPSA) is 50.2 Å². The number of carboxylic acid groups (broad SMARTS) is 1. The summed E-state index contributed by atoms with van der Waals surface area (Å²) in [7, 11) is 0. The third-order valence-electron chi connectivity index (χ3n) is 1.23. The Morgan fingerprint density at radius 3 is 2.91 bits per heavy atom. The summed E-state index contributed by atoms with van der Waals surface area (Å²) in [6.45, 7) is 0. The zero-order valence-corrected chi connectivity index (χ0v) is 6.76. The summed E-state index contributed by atoms with van der Waals surface area (Å²) in [6.07, 6.45) is 4.77. The highest BCUT2D eigenvalue weighted by Gasteiger charge is 2.07. The van der Waals surface area contributed by atoms with Crippen molar-refractivity contribution in [1.82, 2.24) is 4.98 Å². The van der Waals surface area contributed by atoms with E-state index in [0.29, 0.717) is 0 Å². The quantitative estimate of drug-likeness (QED) is 0.681. The van der Waals surface area contributed by atoms with E-state index in [1.165, 1.54) is 18.0 Å². The van der Waals surface area contributed by atoms with Crippen molar-refractivity contribution in [1.29, 1.82) is 0 Å². The van der Waals surface area contributed by atoms with Crippen LogP contribution in [0, 0.1) is 0 Å². The lowest BCUT2D eigenvalue weighted by Crippen LogP contribution is -1.98. The molecule has 0 fully saturated rings. The van der Waals surface area contributed by atoms with Gasteiger partial charge in [-0.25, -0.2) is 4.79 Å². The van der Waals surface area contributed by atoms with Gasteiger partial charge in [0.05, 0.1) is 5.56 Å². The van der Waals surface area contributed by atoms with Gasteiger partial charge in [0.15, 0.2) is 0 Å². The normalized spacial score (nSPS) is 9.55. The van der Waals surface area contributed by atoms with Crippen molar-refractivity contribution in [2.24, 2.45) is 0 Å². The molecule has 0 spiro atoms. The summed E-state index contributed by atoms with van der Waals surface area (Å²) in [5, 5.41) is 8.64. The number of carbonyl (C=O) groups is 1. The molecule has 1 N–H and O–H groups in total. The maximum atomic E-state index is 10.5. The van der Waals surface area contributed by atoms with Gasteiger partial charge in [-0.05, 0) is 12.3 Å². The number of thioether (sulfide) groups is 1. The molecular weight excluding hydrogens is 162 g/mol. The highest BCUT2D eigenvalue weighted by molar-refractivity contribution is 7.98. The first kappa shape index (κ1) is 8.07. The van der Waals surface area contributed by atoms with Gasteiger partial charge in [0.25, 0.3) is 0 Å². The Kier molecular flexibility index (Phi) is 2.48. The Bertz CT molecular complexity index is 275. The molecule has 1 aromatic rings. The average molecular weight is 169 g/mol. The monoisotopic (exact) mass is 169 g/mol. The largest absolute Gasteiger partial charge is 0.478 e. The van der Waals surface area contributed by atoms with Crippen LogP contribution in [0.1, 0.15) is 10.4 Å². The molecule has 4 heteroatoms. The molecule has 0 radical (unpaired) electrons. The van der Waals surface area contributed by atoms with Gasteiger partial charge in [-0.2, -0.15) is 0 Å². The third kappa shape index (κ3) is 1.71. The van der Waals surface area contributed by atoms with Crippen molar-refractivity contribution in [3.05, 3.63) is 24.0 Å². The molecule has 0 saturated carbocycles. The van der Waals surface area contributed by atoms with Gasteiger partial charge in [0.1, 0.15) is 0 Å². The smallest absolute Gasteiger partial charge is 0.338 e. The highest BCUT2D eigenvalue weighted by atomic mass is 32.2. The number of nitrogens with zero attached hydrogens (tertiary/aromatic N) is 1. The van der Waals surface area contributed by atoms with Gasteiger partial charge in [0, 0.05) is 17.3 Å². The van der Waals surface area contributed by atoms with Crippen molar-refractivity contribution in [2.75, 3.05) is 6.26 Å². The van der Waals surface area contributed by atoms with Crippen LogP contribution in [0.15, 0.2) is 23.4 Å². The Morgan fingerprint density at radius 1 is 1.73 bits per heavy atom. The summed E-state index contributed by atoms with van der Waals surface area (Å²) in [5.41, 5.74) is 0.264. The predicted molar refractivity (Wildman–Crippen MR) is 43.0 cm³/mol. The second-order valence-corrected chi connectivity index (χ2v) is 2.73. The molecule has 0 aliphatic rings. The van der Waals surface area contributed by atoms with E-state index < -0.39 is 5.97 Å². The molecule has 0 saturated heterocycles. The van der Waals surface area contributed by atoms with Gasteiger partial charge in [-0.15, -0.1) is 11.8 Å². The first-order chi connectivity index (χ1) is 5.25. The van der Waals surface area contributed by atoms with E-state index in [2.05, 4.69) is 4.98 Å². The first-order valence-electron chi connectivity index (χ1n) is 2.97. The molecule has 0 aromatic carbocycles. The van der Waals surface area contributed by atoms with Crippen molar-refractivity contribution in [3.8, 4) is 0 Å². The van der Waals surface area contributed by atoms with E-state index >= 15 is 0 Å². The highest BCUT2D eigenvalue weighted by Crippen LogP contribution is 2.18. The minimum absolute atomic E-state index is 0.264.